The van der Waals surface area contributed by atoms with Gasteiger partial charge >= 0.3 is 0 Å². The molecule has 0 aromatic heterocycles. The van der Waals surface area contributed by atoms with Crippen molar-refractivity contribution in [3.05, 3.63) is 11.6 Å². The van der Waals surface area contributed by atoms with Gasteiger partial charge in [0.2, 0.25) is 0 Å². The zero-order chi connectivity index (χ0) is 21.0. The van der Waals surface area contributed by atoms with Crippen molar-refractivity contribution in [2.45, 2.75) is 118 Å². The van der Waals surface area contributed by atoms with Gasteiger partial charge in [0.05, 0.1) is 6.61 Å². The molecule has 0 aliphatic carbocycles. The van der Waals surface area contributed by atoms with Crippen molar-refractivity contribution >= 4 is 16.6 Å². The number of hydrogen-bond donors (Lipinski definition) is 0. The van der Waals surface area contributed by atoms with Gasteiger partial charge in [-0.3, -0.25) is 0 Å². The summed E-state index contributed by atoms with van der Waals surface area (Å²) in [6.07, 6.45) is 4.97. The van der Waals surface area contributed by atoms with Crippen molar-refractivity contribution in [3.8, 4) is 0 Å². The first kappa shape index (κ1) is 26.1. The highest BCUT2D eigenvalue weighted by atomic mass is 28.4. The van der Waals surface area contributed by atoms with Gasteiger partial charge in [0, 0.05) is 6.10 Å². The minimum atomic E-state index is -1.67. The maximum absolute atomic E-state index is 6.55. The highest BCUT2D eigenvalue weighted by Crippen LogP contribution is 2.38. The zero-order valence-corrected chi connectivity index (χ0v) is 22.2. The summed E-state index contributed by atoms with van der Waals surface area (Å²) in [5.74, 6) is 0.578. The summed E-state index contributed by atoms with van der Waals surface area (Å²) < 4.78 is 12.9. The molecule has 2 atom stereocenters. The average molecular weight is 401 g/mol. The third kappa shape index (κ3) is 8.41. The second-order valence-electron chi connectivity index (χ2n) is 11.2. The van der Waals surface area contributed by atoms with Crippen molar-refractivity contribution in [1.29, 1.82) is 0 Å². The van der Waals surface area contributed by atoms with Gasteiger partial charge < -0.3 is 8.85 Å². The smallest absolute Gasteiger partial charge is 0.192 e. The van der Waals surface area contributed by atoms with E-state index >= 15 is 0 Å². The molecule has 2 nitrogen and oxygen atoms in total. The van der Waals surface area contributed by atoms with E-state index in [2.05, 4.69) is 94.6 Å². The Morgan fingerprint density at radius 2 is 1.35 bits per heavy atom. The normalized spacial score (nSPS) is 17.3. The summed E-state index contributed by atoms with van der Waals surface area (Å²) in [5.41, 5.74) is 1.36. The van der Waals surface area contributed by atoms with Crippen LogP contribution in [0.5, 0.6) is 0 Å². The fraction of sp³-hybridized carbons (Fsp3) is 0.909. The minimum Gasteiger partial charge on any atom is -0.414 e. The van der Waals surface area contributed by atoms with Gasteiger partial charge in [-0.15, -0.1) is 0 Å². The van der Waals surface area contributed by atoms with E-state index in [1.54, 1.807) is 0 Å². The van der Waals surface area contributed by atoms with Crippen LogP contribution in [0.25, 0.3) is 0 Å². The highest BCUT2D eigenvalue weighted by molar-refractivity contribution is 6.74. The predicted molar refractivity (Wildman–Crippen MR) is 123 cm³/mol. The van der Waals surface area contributed by atoms with Crippen LogP contribution in [-0.2, 0) is 8.85 Å². The van der Waals surface area contributed by atoms with Gasteiger partial charge in [0.15, 0.2) is 16.6 Å². The summed E-state index contributed by atoms with van der Waals surface area (Å²) in [6.45, 7) is 30.7. The molecule has 0 aromatic rings. The van der Waals surface area contributed by atoms with E-state index in [0.717, 1.165) is 13.0 Å². The molecular formula is C22H48O2Si2. The topological polar surface area (TPSA) is 18.5 Å². The van der Waals surface area contributed by atoms with Crippen LogP contribution < -0.4 is 0 Å². The van der Waals surface area contributed by atoms with Crippen LogP contribution >= 0.6 is 0 Å². The molecule has 4 heteroatoms. The Morgan fingerprint density at radius 3 is 1.77 bits per heavy atom. The van der Waals surface area contributed by atoms with Crippen LogP contribution in [0, 0.1) is 5.92 Å². The number of hydrogen-bond acceptors (Lipinski definition) is 2. The molecule has 0 aromatic carbocycles. The highest BCUT2D eigenvalue weighted by Gasteiger charge is 2.39. The Hall–Kier alpha value is 0.0938. The van der Waals surface area contributed by atoms with E-state index in [0.29, 0.717) is 12.0 Å². The van der Waals surface area contributed by atoms with E-state index in [1.807, 2.05) is 0 Å². The van der Waals surface area contributed by atoms with E-state index in [1.165, 1.54) is 12.0 Å². The Morgan fingerprint density at radius 1 is 0.885 bits per heavy atom. The van der Waals surface area contributed by atoms with Crippen LogP contribution in [-0.4, -0.2) is 29.3 Å². The second-order valence-corrected chi connectivity index (χ2v) is 20.8. The molecule has 0 saturated heterocycles. The van der Waals surface area contributed by atoms with Gasteiger partial charge in [-0.25, -0.2) is 0 Å². The Bertz CT molecular complexity index is 454. The molecule has 0 radical (unpaired) electrons. The van der Waals surface area contributed by atoms with E-state index in [-0.39, 0.29) is 10.1 Å². The second kappa shape index (κ2) is 9.53. The van der Waals surface area contributed by atoms with Gasteiger partial charge in [-0.05, 0) is 68.9 Å². The van der Waals surface area contributed by atoms with Crippen molar-refractivity contribution in [3.63, 3.8) is 0 Å². The lowest BCUT2D eigenvalue weighted by Gasteiger charge is -2.40. The van der Waals surface area contributed by atoms with E-state index < -0.39 is 16.6 Å². The summed E-state index contributed by atoms with van der Waals surface area (Å²) in [6, 6.07) is 0. The van der Waals surface area contributed by atoms with Crippen LogP contribution in [0.2, 0.25) is 36.3 Å². The summed E-state index contributed by atoms with van der Waals surface area (Å²) in [5, 5.41) is 0.552. The summed E-state index contributed by atoms with van der Waals surface area (Å²) >= 11 is 0. The predicted octanol–water partition coefficient (Wildman–Crippen LogP) is 7.78. The molecule has 0 rings (SSSR count). The SMILES string of the molecule is C/C(=C\CC[C@H](C)[C@@H](C)O[Si](C)(C)C(C)(C)C)CO[Si](C)(C)C(C)(C)C. The molecule has 0 unspecified atom stereocenters. The lowest BCUT2D eigenvalue weighted by atomic mass is 9.99. The van der Waals surface area contributed by atoms with Gasteiger partial charge in [-0.1, -0.05) is 60.1 Å². The fourth-order valence-corrected chi connectivity index (χ4v) is 4.69. The molecule has 156 valence electrons. The molecular weight excluding hydrogens is 352 g/mol. The first-order valence-electron chi connectivity index (χ1n) is 10.4. The van der Waals surface area contributed by atoms with Crippen LogP contribution in [0.15, 0.2) is 11.6 Å². The summed E-state index contributed by atoms with van der Waals surface area (Å²) in [7, 11) is -3.32. The summed E-state index contributed by atoms with van der Waals surface area (Å²) in [4.78, 5) is 0. The minimum absolute atomic E-state index is 0.276. The van der Waals surface area contributed by atoms with Crippen LogP contribution in [0.3, 0.4) is 0 Å². The number of allylic oxidation sites excluding steroid dienone is 1. The molecule has 0 amide bonds. The molecule has 0 bridgehead atoms. The van der Waals surface area contributed by atoms with Crippen molar-refractivity contribution in [1.82, 2.24) is 0 Å². The van der Waals surface area contributed by atoms with Crippen molar-refractivity contribution in [2.24, 2.45) is 5.92 Å². The molecule has 0 fully saturated rings. The maximum atomic E-state index is 6.55. The van der Waals surface area contributed by atoms with Crippen LogP contribution in [0.4, 0.5) is 0 Å². The molecule has 0 aliphatic rings. The average Bonchev–Trinajstić information content (AvgIpc) is 2.42. The van der Waals surface area contributed by atoms with Crippen molar-refractivity contribution < 1.29 is 8.85 Å². The molecule has 0 aliphatic heterocycles. The molecule has 0 saturated carbocycles. The van der Waals surface area contributed by atoms with Gasteiger partial charge in [-0.2, -0.15) is 0 Å². The first-order chi connectivity index (χ1) is 11.4. The van der Waals surface area contributed by atoms with E-state index in [9.17, 15) is 0 Å². The van der Waals surface area contributed by atoms with Crippen molar-refractivity contribution in [2.75, 3.05) is 6.61 Å². The Balaban J connectivity index is 4.47. The number of rotatable bonds is 9. The lowest BCUT2D eigenvalue weighted by molar-refractivity contribution is 0.138. The molecule has 26 heavy (non-hydrogen) atoms. The standard InChI is InChI=1S/C22H48O2Si2/c1-18(17-23-25(10,11)21(4,5)6)15-14-16-19(2)20(3)24-26(12,13)22(7,8)9/h15,19-20H,14,16-17H2,1-13H3/b18-15+/t19-,20+/m0/s1. The molecule has 0 N–H and O–H groups in total. The maximum Gasteiger partial charge on any atom is 0.192 e. The molecule has 0 heterocycles. The van der Waals surface area contributed by atoms with Gasteiger partial charge in [0.1, 0.15) is 0 Å². The third-order valence-electron chi connectivity index (χ3n) is 6.67. The lowest BCUT2D eigenvalue weighted by Crippen LogP contribution is -2.44. The Kier molecular flexibility index (Phi) is 9.57. The Labute approximate surface area is 167 Å². The monoisotopic (exact) mass is 400 g/mol. The molecule has 0 spiro atoms. The zero-order valence-electron chi connectivity index (χ0n) is 20.2. The largest absolute Gasteiger partial charge is 0.414 e. The third-order valence-corrected chi connectivity index (χ3v) is 15.7. The first-order valence-corrected chi connectivity index (χ1v) is 16.2. The van der Waals surface area contributed by atoms with Gasteiger partial charge in [0.25, 0.3) is 0 Å². The fourth-order valence-electron chi connectivity index (χ4n) is 2.15. The quantitative estimate of drug-likeness (QED) is 0.290. The van der Waals surface area contributed by atoms with E-state index in [4.69, 9.17) is 8.85 Å². The van der Waals surface area contributed by atoms with Crippen LogP contribution in [0.1, 0.15) is 75.2 Å².